The minimum atomic E-state index is 1.01. The molecule has 2 aromatic heterocycles. The van der Waals surface area contributed by atoms with Gasteiger partial charge in [-0.15, -0.1) is 0 Å². The Morgan fingerprint density at radius 3 is 1.06 bits per heavy atom. The summed E-state index contributed by atoms with van der Waals surface area (Å²) >= 11 is 0. The van der Waals surface area contributed by atoms with Crippen LogP contribution in [0.2, 0.25) is 0 Å². The molecular weight excluding hydrogens is 749 g/mol. The van der Waals surface area contributed by atoms with Crippen LogP contribution < -0.4 is 0 Å². The van der Waals surface area contributed by atoms with Gasteiger partial charge in [-0.3, -0.25) is 0 Å². The lowest BCUT2D eigenvalue weighted by molar-refractivity contribution is 0.607. The molecule has 0 aliphatic carbocycles. The standard InChI is InChI=1S/C60H60N2/c1-3-5-7-9-11-13-19-43-25-37-57-49(41-43)35-39-55(61-57)45-27-31-47(32-28-45)59-51-21-15-17-23-53(51)60(54-24-18-16-22-52(54)59)48-33-29-46(30-34-48)56-40-36-50-42-44(26-38-58(50)62-56)20-14-12-10-8-6-4-2/h15-18,21-42H,3-14,19-20H2,1-2H3. The lowest BCUT2D eigenvalue weighted by Crippen LogP contribution is -1.92. The van der Waals surface area contributed by atoms with Crippen LogP contribution in [0.25, 0.3) is 88.1 Å². The second-order valence-corrected chi connectivity index (χ2v) is 17.5. The van der Waals surface area contributed by atoms with E-state index in [0.29, 0.717) is 0 Å². The van der Waals surface area contributed by atoms with Crippen molar-refractivity contribution in [1.82, 2.24) is 9.97 Å². The molecule has 0 N–H and O–H groups in total. The Morgan fingerprint density at radius 2 is 0.677 bits per heavy atom. The summed E-state index contributed by atoms with van der Waals surface area (Å²) in [7, 11) is 0. The molecule has 9 rings (SSSR count). The van der Waals surface area contributed by atoms with Crippen LogP contribution in [0.4, 0.5) is 0 Å². The molecule has 0 bridgehead atoms. The molecule has 9 aromatic rings. The maximum atomic E-state index is 5.12. The van der Waals surface area contributed by atoms with Gasteiger partial charge in [-0.2, -0.15) is 0 Å². The highest BCUT2D eigenvalue weighted by Gasteiger charge is 2.17. The van der Waals surface area contributed by atoms with Crippen LogP contribution in [-0.2, 0) is 12.8 Å². The van der Waals surface area contributed by atoms with Crippen molar-refractivity contribution in [3.05, 3.63) is 169 Å². The van der Waals surface area contributed by atoms with E-state index in [9.17, 15) is 0 Å². The van der Waals surface area contributed by atoms with Crippen LogP contribution in [0.5, 0.6) is 0 Å². The molecule has 2 nitrogen and oxygen atoms in total. The van der Waals surface area contributed by atoms with E-state index in [1.54, 1.807) is 0 Å². The number of hydrogen-bond donors (Lipinski definition) is 0. The summed E-state index contributed by atoms with van der Waals surface area (Å²) in [6.07, 6.45) is 18.2. The summed E-state index contributed by atoms with van der Waals surface area (Å²) in [5.41, 5.74) is 14.2. The number of pyridine rings is 2. The first-order valence-electron chi connectivity index (χ1n) is 23.6. The van der Waals surface area contributed by atoms with Crippen LogP contribution in [0.15, 0.2) is 158 Å². The normalized spacial score (nSPS) is 11.6. The SMILES string of the molecule is CCCCCCCCc1ccc2nc(-c3ccc(-c4c5ccccc5c(-c5ccc(-c6ccc7cc(CCCCCCCC)ccc7n6)cc5)c5ccccc45)cc3)ccc2c1. The predicted octanol–water partition coefficient (Wildman–Crippen LogP) is 17.6. The van der Waals surface area contributed by atoms with Gasteiger partial charge in [0.1, 0.15) is 0 Å². The van der Waals surface area contributed by atoms with E-state index < -0.39 is 0 Å². The first kappa shape index (κ1) is 41.2. The lowest BCUT2D eigenvalue weighted by atomic mass is 9.85. The number of aromatic nitrogens is 2. The van der Waals surface area contributed by atoms with Gasteiger partial charge in [-0.1, -0.05) is 199 Å². The quantitative estimate of drug-likeness (QED) is 0.0637. The second kappa shape index (κ2) is 19.7. The van der Waals surface area contributed by atoms with E-state index in [4.69, 9.17) is 9.97 Å². The van der Waals surface area contributed by atoms with E-state index in [0.717, 1.165) is 46.4 Å². The van der Waals surface area contributed by atoms with Gasteiger partial charge < -0.3 is 0 Å². The summed E-state index contributed by atoms with van der Waals surface area (Å²) in [6, 6.07) is 58.4. The molecule has 0 spiro atoms. The van der Waals surface area contributed by atoms with Gasteiger partial charge in [0.25, 0.3) is 0 Å². The maximum absolute atomic E-state index is 5.12. The first-order chi connectivity index (χ1) is 30.7. The van der Waals surface area contributed by atoms with Gasteiger partial charge >= 0.3 is 0 Å². The molecule has 0 saturated heterocycles. The Balaban J connectivity index is 0.958. The highest BCUT2D eigenvalue weighted by atomic mass is 14.7. The first-order valence-corrected chi connectivity index (χ1v) is 23.6. The van der Waals surface area contributed by atoms with Crippen molar-refractivity contribution < 1.29 is 0 Å². The summed E-state index contributed by atoms with van der Waals surface area (Å²) in [5.74, 6) is 0. The van der Waals surface area contributed by atoms with Gasteiger partial charge in [0.15, 0.2) is 0 Å². The topological polar surface area (TPSA) is 25.8 Å². The Hall–Kier alpha value is -6.12. The van der Waals surface area contributed by atoms with Gasteiger partial charge in [0, 0.05) is 21.9 Å². The van der Waals surface area contributed by atoms with Crippen LogP contribution in [0.3, 0.4) is 0 Å². The number of rotatable bonds is 18. The molecular formula is C60H60N2. The Morgan fingerprint density at radius 1 is 0.323 bits per heavy atom. The average Bonchev–Trinajstić information content (AvgIpc) is 3.32. The molecule has 0 fully saturated rings. The van der Waals surface area contributed by atoms with Crippen molar-refractivity contribution in [3.63, 3.8) is 0 Å². The van der Waals surface area contributed by atoms with E-state index in [2.05, 4.69) is 172 Å². The number of hydrogen-bond acceptors (Lipinski definition) is 2. The molecule has 310 valence electrons. The summed E-state index contributed by atoms with van der Waals surface area (Å²) in [5, 5.41) is 7.46. The molecule has 2 heteroatoms. The minimum absolute atomic E-state index is 1.01. The number of fused-ring (bicyclic) bond motifs is 4. The number of aryl methyl sites for hydroxylation is 2. The number of benzene rings is 7. The fraction of sp³-hybridized carbons (Fsp3) is 0.267. The van der Waals surface area contributed by atoms with Crippen LogP contribution >= 0.6 is 0 Å². The van der Waals surface area contributed by atoms with Crippen molar-refractivity contribution in [2.75, 3.05) is 0 Å². The van der Waals surface area contributed by atoms with Gasteiger partial charge in [-0.05, 0) is 117 Å². The molecule has 0 atom stereocenters. The molecule has 0 saturated carbocycles. The lowest BCUT2D eigenvalue weighted by Gasteiger charge is -2.18. The molecule has 62 heavy (non-hydrogen) atoms. The molecule has 2 heterocycles. The fourth-order valence-corrected chi connectivity index (χ4v) is 9.57. The van der Waals surface area contributed by atoms with E-state index in [-0.39, 0.29) is 0 Å². The van der Waals surface area contributed by atoms with Crippen molar-refractivity contribution in [2.45, 2.75) is 104 Å². The second-order valence-electron chi connectivity index (χ2n) is 17.5. The number of unbranched alkanes of at least 4 members (excludes halogenated alkanes) is 10. The summed E-state index contributed by atoms with van der Waals surface area (Å²) in [6.45, 7) is 4.56. The van der Waals surface area contributed by atoms with Crippen molar-refractivity contribution >= 4 is 43.4 Å². The Kier molecular flexibility index (Phi) is 13.1. The van der Waals surface area contributed by atoms with Crippen LogP contribution in [0, 0.1) is 0 Å². The van der Waals surface area contributed by atoms with Crippen molar-refractivity contribution in [2.24, 2.45) is 0 Å². The summed E-state index contributed by atoms with van der Waals surface area (Å²) < 4.78 is 0. The third kappa shape index (κ3) is 9.21. The molecule has 7 aromatic carbocycles. The molecule has 0 unspecified atom stereocenters. The van der Waals surface area contributed by atoms with E-state index in [1.807, 2.05) is 0 Å². The zero-order chi connectivity index (χ0) is 42.1. The van der Waals surface area contributed by atoms with Gasteiger partial charge in [0.05, 0.1) is 22.4 Å². The maximum Gasteiger partial charge on any atom is 0.0709 e. The summed E-state index contributed by atoms with van der Waals surface area (Å²) in [4.78, 5) is 10.2. The Labute approximate surface area is 369 Å². The third-order valence-electron chi connectivity index (χ3n) is 13.0. The number of nitrogens with zero attached hydrogens (tertiary/aromatic N) is 2. The van der Waals surface area contributed by atoms with Crippen molar-refractivity contribution in [3.8, 4) is 44.8 Å². The zero-order valence-corrected chi connectivity index (χ0v) is 36.8. The molecule has 0 aliphatic heterocycles. The monoisotopic (exact) mass is 808 g/mol. The van der Waals surface area contributed by atoms with E-state index >= 15 is 0 Å². The molecule has 0 aliphatic rings. The zero-order valence-electron chi connectivity index (χ0n) is 36.8. The van der Waals surface area contributed by atoms with Gasteiger partial charge in [0.2, 0.25) is 0 Å². The third-order valence-corrected chi connectivity index (χ3v) is 13.0. The van der Waals surface area contributed by atoms with Crippen molar-refractivity contribution in [1.29, 1.82) is 0 Å². The minimum Gasteiger partial charge on any atom is -0.248 e. The smallest absolute Gasteiger partial charge is 0.0709 e. The molecule has 0 amide bonds. The van der Waals surface area contributed by atoms with Crippen LogP contribution in [-0.4, -0.2) is 9.97 Å². The Bertz CT molecular complexity index is 2660. The molecule has 0 radical (unpaired) electrons. The highest BCUT2D eigenvalue weighted by molar-refractivity contribution is 6.21. The largest absolute Gasteiger partial charge is 0.248 e. The van der Waals surface area contributed by atoms with Crippen LogP contribution in [0.1, 0.15) is 102 Å². The highest BCUT2D eigenvalue weighted by Crippen LogP contribution is 2.44. The predicted molar refractivity (Wildman–Crippen MR) is 268 cm³/mol. The fourth-order valence-electron chi connectivity index (χ4n) is 9.57. The van der Waals surface area contributed by atoms with Gasteiger partial charge in [-0.25, -0.2) is 9.97 Å². The average molecular weight is 809 g/mol. The van der Waals surface area contributed by atoms with E-state index in [1.165, 1.54) is 143 Å².